The molecule has 2 bridgehead atoms. The maximum atomic E-state index is 13.5. The van der Waals surface area contributed by atoms with E-state index in [-0.39, 0.29) is 67.8 Å². The lowest BCUT2D eigenvalue weighted by molar-refractivity contribution is -0.176. The molecule has 8 heteroatoms. The lowest BCUT2D eigenvalue weighted by Gasteiger charge is -2.40. The van der Waals surface area contributed by atoms with Crippen molar-refractivity contribution in [3.8, 4) is 0 Å². The average Bonchev–Trinajstić information content (AvgIpc) is 3.32. The summed E-state index contributed by atoms with van der Waals surface area (Å²) >= 11 is 0. The zero-order chi connectivity index (χ0) is 25.0. The molecule has 1 heterocycles. The molecule has 2 aliphatic carbocycles. The Morgan fingerprint density at radius 2 is 1.42 bits per heavy atom. The van der Waals surface area contributed by atoms with Gasteiger partial charge in [0.15, 0.2) is 0 Å². The van der Waals surface area contributed by atoms with Crippen molar-refractivity contribution in [1.29, 1.82) is 0 Å². The van der Waals surface area contributed by atoms with Crippen LogP contribution in [0.3, 0.4) is 0 Å². The number of rotatable bonds is 9. The van der Waals surface area contributed by atoms with Crippen molar-refractivity contribution in [3.63, 3.8) is 0 Å². The summed E-state index contributed by atoms with van der Waals surface area (Å²) in [5.74, 6) is -1.36. The van der Waals surface area contributed by atoms with E-state index in [9.17, 15) is 19.2 Å². The van der Waals surface area contributed by atoms with Crippen LogP contribution in [0.1, 0.15) is 111 Å². The minimum Gasteiger partial charge on any atom is -0.469 e. The highest BCUT2D eigenvalue weighted by Crippen LogP contribution is 2.62. The van der Waals surface area contributed by atoms with Gasteiger partial charge < -0.3 is 18.9 Å². The molecule has 1 saturated heterocycles. The van der Waals surface area contributed by atoms with E-state index in [2.05, 4.69) is 0 Å². The second-order valence-electron chi connectivity index (χ2n) is 11.7. The minimum absolute atomic E-state index is 0. The predicted molar refractivity (Wildman–Crippen MR) is 151 cm³/mol. The van der Waals surface area contributed by atoms with Gasteiger partial charge in [0, 0.05) is 11.8 Å². The predicted octanol–water partition coefficient (Wildman–Crippen LogP) is 6.63. The van der Waals surface area contributed by atoms with Crippen LogP contribution < -0.4 is 0 Å². The van der Waals surface area contributed by atoms with E-state index >= 15 is 0 Å². The molecule has 3 rings (SSSR count). The minimum atomic E-state index is -1.12. The zero-order valence-corrected chi connectivity index (χ0v) is 21.1. The molecule has 7 unspecified atom stereocenters. The summed E-state index contributed by atoms with van der Waals surface area (Å²) in [5.41, 5.74) is -3.54. The molecule has 0 aromatic heterocycles. The Balaban J connectivity index is -0.00000245. The molecular weight excluding hydrogens is 488 g/mol. The van der Waals surface area contributed by atoms with Crippen LogP contribution in [-0.4, -0.2) is 50.3 Å². The fourth-order valence-electron chi connectivity index (χ4n) is 6.66. The van der Waals surface area contributed by atoms with Crippen LogP contribution in [-0.2, 0) is 38.1 Å². The summed E-state index contributed by atoms with van der Waals surface area (Å²) in [6, 6.07) is 0. The van der Waals surface area contributed by atoms with Gasteiger partial charge in [0.2, 0.25) is 0 Å². The van der Waals surface area contributed by atoms with Gasteiger partial charge in [-0.25, -0.2) is 0 Å². The summed E-state index contributed by atoms with van der Waals surface area (Å²) in [6.45, 7) is 10.7. The van der Waals surface area contributed by atoms with Gasteiger partial charge in [-0.3, -0.25) is 19.2 Å². The first kappa shape index (κ1) is 40.4. The quantitative estimate of drug-likeness (QED) is 0.234. The number of hydrogen-bond acceptors (Lipinski definition) is 8. The molecule has 7 atom stereocenters. The molecule has 0 spiro atoms. The van der Waals surface area contributed by atoms with Crippen molar-refractivity contribution in [2.45, 2.75) is 123 Å². The topological polar surface area (TPSA) is 105 Å². The third-order valence-electron chi connectivity index (χ3n) is 8.50. The molecule has 0 N–H and O–H groups in total. The van der Waals surface area contributed by atoms with E-state index in [4.69, 9.17) is 18.9 Å². The first-order valence-electron chi connectivity index (χ1n) is 11.8. The largest absolute Gasteiger partial charge is 0.469 e. The van der Waals surface area contributed by atoms with Gasteiger partial charge in [-0.2, -0.15) is 0 Å². The molecule has 2 saturated carbocycles. The van der Waals surface area contributed by atoms with Gasteiger partial charge in [0.05, 0.1) is 35.9 Å². The van der Waals surface area contributed by atoms with E-state index in [0.29, 0.717) is 12.8 Å². The number of carbonyl (C=O) groups is 4. The molecule has 3 fully saturated rings. The van der Waals surface area contributed by atoms with Crippen molar-refractivity contribution in [1.82, 2.24) is 0 Å². The molecule has 226 valence electrons. The lowest BCUT2D eigenvalue weighted by atomic mass is 9.65. The SMILES string of the molecule is C.C.C.C.C.CCC(C)(CC(C)(CC(C)(C)C(=O)OC)C(=O)OC)C(=O)OC1C2CC3C1OC(=O)C3(C)C2. The van der Waals surface area contributed by atoms with E-state index in [1.165, 1.54) is 14.2 Å². The molecule has 0 aromatic rings. The Morgan fingerprint density at radius 1 is 0.895 bits per heavy atom. The maximum Gasteiger partial charge on any atom is 0.312 e. The fourth-order valence-corrected chi connectivity index (χ4v) is 6.66. The first-order chi connectivity index (χ1) is 15.2. The summed E-state index contributed by atoms with van der Waals surface area (Å²) in [7, 11) is 2.61. The summed E-state index contributed by atoms with van der Waals surface area (Å²) < 4.78 is 21.6. The van der Waals surface area contributed by atoms with Crippen LogP contribution in [0.5, 0.6) is 0 Å². The highest BCUT2D eigenvalue weighted by Gasteiger charge is 2.69. The van der Waals surface area contributed by atoms with Crippen molar-refractivity contribution < 1.29 is 38.1 Å². The number of methoxy groups -OCH3 is 2. The zero-order valence-electron chi connectivity index (χ0n) is 21.1. The fraction of sp³-hybridized carbons (Fsp3) is 0.867. The Morgan fingerprint density at radius 3 is 1.89 bits per heavy atom. The molecule has 0 amide bonds. The summed E-state index contributed by atoms with van der Waals surface area (Å²) in [6.07, 6.45) is 1.36. The van der Waals surface area contributed by atoms with Crippen LogP contribution in [0.15, 0.2) is 0 Å². The number of esters is 4. The molecule has 1 aliphatic heterocycles. The van der Waals surface area contributed by atoms with Crippen LogP contribution in [0.4, 0.5) is 0 Å². The Hall–Kier alpha value is -2.12. The normalized spacial score (nSPS) is 29.2. The van der Waals surface area contributed by atoms with E-state index in [1.54, 1.807) is 27.7 Å². The van der Waals surface area contributed by atoms with Crippen molar-refractivity contribution >= 4 is 23.9 Å². The number of carbonyl (C=O) groups excluding carboxylic acids is 4. The van der Waals surface area contributed by atoms with Gasteiger partial charge in [-0.05, 0) is 66.7 Å². The molecule has 0 aromatic carbocycles. The highest BCUT2D eigenvalue weighted by molar-refractivity contribution is 5.83. The number of fused-ring (bicyclic) bond motifs is 1. The molecular formula is C30H58O8. The van der Waals surface area contributed by atoms with Gasteiger partial charge in [-0.1, -0.05) is 44.1 Å². The number of ether oxygens (including phenoxy) is 4. The number of hydrogen-bond donors (Lipinski definition) is 0. The van der Waals surface area contributed by atoms with E-state index in [0.717, 1.165) is 6.42 Å². The summed E-state index contributed by atoms with van der Waals surface area (Å²) in [5, 5.41) is 0. The highest BCUT2D eigenvalue weighted by atomic mass is 16.6. The molecule has 8 nitrogen and oxygen atoms in total. The van der Waals surface area contributed by atoms with E-state index in [1.807, 2.05) is 13.8 Å². The third kappa shape index (κ3) is 6.36. The van der Waals surface area contributed by atoms with Crippen molar-refractivity contribution in [2.24, 2.45) is 33.5 Å². The third-order valence-corrected chi connectivity index (χ3v) is 8.50. The monoisotopic (exact) mass is 546 g/mol. The average molecular weight is 547 g/mol. The standard InChI is InChI=1S/C25H38O8.5CH4/c1-9-23(4,13-24(5,19(27)31-8)12-22(2,3)18(26)30-7)20(28)32-16-14-10-15-17(16)33-21(29)25(15,6)11-14;;;;;/h14-17H,9-13H2,1-8H3;5*1H4. The van der Waals surface area contributed by atoms with Gasteiger partial charge in [0.1, 0.15) is 12.2 Å². The first-order valence-corrected chi connectivity index (χ1v) is 11.8. The second-order valence-corrected chi connectivity index (χ2v) is 11.7. The van der Waals surface area contributed by atoms with Crippen LogP contribution in [0.2, 0.25) is 0 Å². The van der Waals surface area contributed by atoms with Crippen LogP contribution in [0.25, 0.3) is 0 Å². The van der Waals surface area contributed by atoms with Gasteiger partial charge in [0.25, 0.3) is 0 Å². The molecule has 38 heavy (non-hydrogen) atoms. The Bertz CT molecular complexity index is 851. The second kappa shape index (κ2) is 13.3. The van der Waals surface area contributed by atoms with Crippen LogP contribution >= 0.6 is 0 Å². The smallest absolute Gasteiger partial charge is 0.312 e. The van der Waals surface area contributed by atoms with Gasteiger partial charge in [-0.15, -0.1) is 0 Å². The summed E-state index contributed by atoms with van der Waals surface area (Å²) in [4.78, 5) is 51.0. The van der Waals surface area contributed by atoms with Gasteiger partial charge >= 0.3 is 23.9 Å². The van der Waals surface area contributed by atoms with Crippen molar-refractivity contribution in [2.75, 3.05) is 14.2 Å². The maximum absolute atomic E-state index is 13.5. The van der Waals surface area contributed by atoms with Crippen molar-refractivity contribution in [3.05, 3.63) is 0 Å². The Kier molecular flexibility index (Phi) is 14.1. The van der Waals surface area contributed by atoms with Crippen LogP contribution in [0, 0.1) is 33.5 Å². The Labute approximate surface area is 232 Å². The van der Waals surface area contributed by atoms with E-state index < -0.39 is 51.8 Å². The molecule has 3 aliphatic rings. The molecule has 0 radical (unpaired) electrons. The lowest BCUT2D eigenvalue weighted by Crippen LogP contribution is -2.46.